The molecule has 1 unspecified atom stereocenters. The molecule has 0 aliphatic rings. The minimum Gasteiger partial charge on any atom is -0.486 e. The Hall–Kier alpha value is -2.16. The van der Waals surface area contributed by atoms with Crippen molar-refractivity contribution >= 4 is 5.78 Å². The predicted molar refractivity (Wildman–Crippen MR) is 69.7 cm³/mol. The summed E-state index contributed by atoms with van der Waals surface area (Å²) < 4.78 is 5.81. The van der Waals surface area contributed by atoms with Gasteiger partial charge in [0.05, 0.1) is 0 Å². The summed E-state index contributed by atoms with van der Waals surface area (Å²) in [7, 11) is 0. The minimum absolute atomic E-state index is 0.0389. The Morgan fingerprint density at radius 3 is 2.61 bits per heavy atom. The maximum absolute atomic E-state index is 11.3. The van der Waals surface area contributed by atoms with Crippen molar-refractivity contribution in [1.82, 2.24) is 4.98 Å². The van der Waals surface area contributed by atoms with Gasteiger partial charge in [0.2, 0.25) is 0 Å². The third kappa shape index (κ3) is 2.94. The van der Waals surface area contributed by atoms with Crippen LogP contribution >= 0.6 is 0 Å². The Kier molecular flexibility index (Phi) is 3.72. The van der Waals surface area contributed by atoms with Crippen LogP contribution in [0.2, 0.25) is 0 Å². The molecule has 0 aliphatic carbocycles. The lowest BCUT2D eigenvalue weighted by atomic mass is 10.1. The Bertz CT molecular complexity index is 537. The first-order chi connectivity index (χ1) is 8.66. The van der Waals surface area contributed by atoms with Crippen LogP contribution in [0.4, 0.5) is 0 Å². The number of carbonyl (C=O) groups is 1. The number of hydrogen-bond acceptors (Lipinski definition) is 3. The van der Waals surface area contributed by atoms with E-state index in [1.54, 1.807) is 31.5 Å². The summed E-state index contributed by atoms with van der Waals surface area (Å²) in [5.41, 5.74) is 1.72. The summed E-state index contributed by atoms with van der Waals surface area (Å²) in [5.74, 6) is 0.740. The van der Waals surface area contributed by atoms with E-state index in [4.69, 9.17) is 4.74 Å². The van der Waals surface area contributed by atoms with Crippen molar-refractivity contribution in [3.63, 3.8) is 0 Å². The molecule has 3 heteroatoms. The van der Waals surface area contributed by atoms with E-state index in [1.807, 2.05) is 31.2 Å². The Balaban J connectivity index is 2.14. The van der Waals surface area contributed by atoms with E-state index in [1.165, 1.54) is 0 Å². The first-order valence-electron chi connectivity index (χ1n) is 5.84. The highest BCUT2D eigenvalue weighted by atomic mass is 16.5. The number of ketones is 1. The number of ether oxygens (including phenoxy) is 1. The van der Waals surface area contributed by atoms with Crippen molar-refractivity contribution in [2.45, 2.75) is 20.0 Å². The summed E-state index contributed by atoms with van der Waals surface area (Å²) in [4.78, 5) is 15.3. The monoisotopic (exact) mass is 241 g/mol. The first kappa shape index (κ1) is 12.3. The average molecular weight is 241 g/mol. The van der Waals surface area contributed by atoms with Gasteiger partial charge in [-0.1, -0.05) is 12.1 Å². The second-order valence-corrected chi connectivity index (χ2v) is 4.12. The van der Waals surface area contributed by atoms with Crippen LogP contribution < -0.4 is 4.74 Å². The molecule has 1 aromatic carbocycles. The van der Waals surface area contributed by atoms with Gasteiger partial charge in [-0.05, 0) is 43.7 Å². The highest BCUT2D eigenvalue weighted by molar-refractivity contribution is 5.94. The van der Waals surface area contributed by atoms with Crippen molar-refractivity contribution in [2.24, 2.45) is 0 Å². The van der Waals surface area contributed by atoms with Gasteiger partial charge in [-0.2, -0.15) is 0 Å². The Labute approximate surface area is 106 Å². The quantitative estimate of drug-likeness (QED) is 0.770. The Morgan fingerprint density at radius 1 is 1.22 bits per heavy atom. The smallest absolute Gasteiger partial charge is 0.159 e. The maximum atomic E-state index is 11.3. The van der Waals surface area contributed by atoms with Crippen LogP contribution in [-0.2, 0) is 0 Å². The number of aromatic nitrogens is 1. The second-order valence-electron chi connectivity index (χ2n) is 4.12. The number of nitrogens with zero attached hydrogens (tertiary/aromatic N) is 1. The summed E-state index contributed by atoms with van der Waals surface area (Å²) >= 11 is 0. The van der Waals surface area contributed by atoms with Crippen molar-refractivity contribution in [3.8, 4) is 5.75 Å². The molecule has 0 N–H and O–H groups in total. The third-order valence-corrected chi connectivity index (χ3v) is 2.73. The lowest BCUT2D eigenvalue weighted by Crippen LogP contribution is -2.03. The lowest BCUT2D eigenvalue weighted by Gasteiger charge is -2.15. The van der Waals surface area contributed by atoms with Crippen LogP contribution in [0.3, 0.4) is 0 Å². The molecule has 0 saturated carbocycles. The molecule has 18 heavy (non-hydrogen) atoms. The van der Waals surface area contributed by atoms with E-state index in [-0.39, 0.29) is 11.9 Å². The SMILES string of the molecule is CC(=O)c1cccc(OC(C)c2ccncc2)c1. The lowest BCUT2D eigenvalue weighted by molar-refractivity contribution is 0.101. The topological polar surface area (TPSA) is 39.2 Å². The zero-order valence-electron chi connectivity index (χ0n) is 10.5. The summed E-state index contributed by atoms with van der Waals surface area (Å²) in [6, 6.07) is 11.1. The molecule has 2 aromatic rings. The van der Waals surface area contributed by atoms with Crippen LogP contribution in [0, 0.1) is 0 Å². The van der Waals surface area contributed by atoms with E-state index in [0.717, 1.165) is 5.56 Å². The molecule has 0 fully saturated rings. The van der Waals surface area contributed by atoms with Crippen LogP contribution in [0.5, 0.6) is 5.75 Å². The molecular weight excluding hydrogens is 226 g/mol. The van der Waals surface area contributed by atoms with E-state index in [0.29, 0.717) is 11.3 Å². The number of Topliss-reactive ketones (excluding diaryl/α,β-unsaturated/α-hetero) is 1. The van der Waals surface area contributed by atoms with Gasteiger partial charge < -0.3 is 4.74 Å². The summed E-state index contributed by atoms with van der Waals surface area (Å²) in [6.07, 6.45) is 3.40. The molecule has 0 radical (unpaired) electrons. The number of hydrogen-bond donors (Lipinski definition) is 0. The summed E-state index contributed by atoms with van der Waals surface area (Å²) in [5, 5.41) is 0. The van der Waals surface area contributed by atoms with Crippen LogP contribution in [0.25, 0.3) is 0 Å². The van der Waals surface area contributed by atoms with Gasteiger partial charge in [0, 0.05) is 18.0 Å². The molecule has 1 aromatic heterocycles. The molecular formula is C15H15NO2. The number of pyridine rings is 1. The van der Waals surface area contributed by atoms with Gasteiger partial charge in [0.25, 0.3) is 0 Å². The molecule has 0 saturated heterocycles. The van der Waals surface area contributed by atoms with E-state index < -0.39 is 0 Å². The van der Waals surface area contributed by atoms with Gasteiger partial charge >= 0.3 is 0 Å². The zero-order chi connectivity index (χ0) is 13.0. The number of carbonyl (C=O) groups excluding carboxylic acids is 1. The molecule has 3 nitrogen and oxygen atoms in total. The third-order valence-electron chi connectivity index (χ3n) is 2.73. The molecule has 92 valence electrons. The van der Waals surface area contributed by atoms with Crippen molar-refractivity contribution in [3.05, 3.63) is 59.9 Å². The van der Waals surface area contributed by atoms with Gasteiger partial charge in [-0.25, -0.2) is 0 Å². The van der Waals surface area contributed by atoms with E-state index in [9.17, 15) is 4.79 Å². The summed E-state index contributed by atoms with van der Waals surface area (Å²) in [6.45, 7) is 3.52. The molecule has 0 bridgehead atoms. The molecule has 1 heterocycles. The fourth-order valence-corrected chi connectivity index (χ4v) is 1.70. The Morgan fingerprint density at radius 2 is 1.94 bits per heavy atom. The molecule has 1 atom stereocenters. The van der Waals surface area contributed by atoms with E-state index >= 15 is 0 Å². The highest BCUT2D eigenvalue weighted by Crippen LogP contribution is 2.22. The van der Waals surface area contributed by atoms with E-state index in [2.05, 4.69) is 4.98 Å². The molecule has 2 rings (SSSR count). The van der Waals surface area contributed by atoms with Crippen molar-refractivity contribution in [1.29, 1.82) is 0 Å². The first-order valence-corrected chi connectivity index (χ1v) is 5.84. The standard InChI is InChI=1S/C15H15NO2/c1-11(17)14-4-3-5-15(10-14)18-12(2)13-6-8-16-9-7-13/h3-10,12H,1-2H3. The van der Waals surface area contributed by atoms with Crippen molar-refractivity contribution < 1.29 is 9.53 Å². The molecule has 0 amide bonds. The normalized spacial score (nSPS) is 11.9. The average Bonchev–Trinajstić information content (AvgIpc) is 2.40. The maximum Gasteiger partial charge on any atom is 0.159 e. The fourth-order valence-electron chi connectivity index (χ4n) is 1.70. The molecule has 0 aliphatic heterocycles. The predicted octanol–water partition coefficient (Wildman–Crippen LogP) is 3.42. The zero-order valence-corrected chi connectivity index (χ0v) is 10.5. The van der Waals surface area contributed by atoms with Crippen LogP contribution in [0.1, 0.15) is 35.9 Å². The highest BCUT2D eigenvalue weighted by Gasteiger charge is 2.08. The number of rotatable bonds is 4. The minimum atomic E-state index is -0.0739. The fraction of sp³-hybridized carbons (Fsp3) is 0.200. The number of benzene rings is 1. The van der Waals surface area contributed by atoms with Gasteiger partial charge in [-0.15, -0.1) is 0 Å². The van der Waals surface area contributed by atoms with Crippen LogP contribution in [-0.4, -0.2) is 10.8 Å². The van der Waals surface area contributed by atoms with Gasteiger partial charge in [0.1, 0.15) is 11.9 Å². The molecule has 0 spiro atoms. The van der Waals surface area contributed by atoms with Gasteiger partial charge in [0.15, 0.2) is 5.78 Å². The largest absolute Gasteiger partial charge is 0.486 e. The van der Waals surface area contributed by atoms with Crippen LogP contribution in [0.15, 0.2) is 48.8 Å². The van der Waals surface area contributed by atoms with Gasteiger partial charge in [-0.3, -0.25) is 9.78 Å². The second kappa shape index (κ2) is 5.45. The van der Waals surface area contributed by atoms with Crippen molar-refractivity contribution in [2.75, 3.05) is 0 Å².